The van der Waals surface area contributed by atoms with Gasteiger partial charge >= 0.3 is 5.97 Å². The monoisotopic (exact) mass is 375 g/mol. The van der Waals surface area contributed by atoms with Crippen molar-refractivity contribution in [2.45, 2.75) is 6.92 Å². The van der Waals surface area contributed by atoms with E-state index in [1.807, 2.05) is 24.3 Å². The third-order valence-corrected chi connectivity index (χ3v) is 4.25. The van der Waals surface area contributed by atoms with Gasteiger partial charge in [0.15, 0.2) is 11.7 Å². The van der Waals surface area contributed by atoms with E-state index in [9.17, 15) is 9.59 Å². The van der Waals surface area contributed by atoms with Crippen molar-refractivity contribution in [3.05, 3.63) is 66.2 Å². The van der Waals surface area contributed by atoms with Crippen LogP contribution in [0, 0.1) is 5.92 Å². The molecule has 1 fully saturated rings. The van der Waals surface area contributed by atoms with Crippen LogP contribution in [0.2, 0.25) is 0 Å². The Morgan fingerprint density at radius 1 is 1.29 bits per heavy atom. The molecule has 0 saturated carbocycles. The Morgan fingerprint density at radius 2 is 2.11 bits per heavy atom. The predicted octanol–water partition coefficient (Wildman–Crippen LogP) is 3.41. The van der Waals surface area contributed by atoms with Gasteiger partial charge in [-0.1, -0.05) is 18.2 Å². The highest BCUT2D eigenvalue weighted by atomic mass is 16.5. The topological polar surface area (TPSA) is 93.6 Å². The summed E-state index contributed by atoms with van der Waals surface area (Å²) in [5.41, 5.74) is 2.01. The maximum atomic E-state index is 12.9. The molecule has 1 saturated heterocycles. The Balaban J connectivity index is 1.74. The molecular formula is C21H17N3O4. The van der Waals surface area contributed by atoms with Crippen LogP contribution < -0.4 is 0 Å². The molecule has 0 spiro atoms. The molecular weight excluding hydrogens is 358 g/mol. The Kier molecular flexibility index (Phi) is 4.72. The van der Waals surface area contributed by atoms with E-state index < -0.39 is 17.7 Å². The third kappa shape index (κ3) is 3.29. The lowest BCUT2D eigenvalue weighted by Gasteiger charge is -2.06. The first-order valence-electron chi connectivity index (χ1n) is 8.83. The van der Waals surface area contributed by atoms with Gasteiger partial charge in [0.2, 0.25) is 11.7 Å². The zero-order valence-electron chi connectivity index (χ0n) is 15.1. The normalized spacial score (nSPS) is 19.3. The van der Waals surface area contributed by atoms with E-state index >= 15 is 0 Å². The average molecular weight is 375 g/mol. The SMILES string of the molecule is CCOC(=O)C1C(=O)/C(=C/c2c[nH]c3ncccc23)OC1=Nc1ccccc1. The number of carbonyl (C=O) groups is 2. The summed E-state index contributed by atoms with van der Waals surface area (Å²) in [6.45, 7) is 1.84. The molecule has 1 aliphatic heterocycles. The summed E-state index contributed by atoms with van der Waals surface area (Å²) in [6.07, 6.45) is 4.99. The Morgan fingerprint density at radius 3 is 2.89 bits per heavy atom. The molecule has 0 radical (unpaired) electrons. The van der Waals surface area contributed by atoms with Gasteiger partial charge in [0.25, 0.3) is 0 Å². The molecule has 0 aliphatic carbocycles. The second-order valence-corrected chi connectivity index (χ2v) is 6.09. The zero-order chi connectivity index (χ0) is 19.5. The predicted molar refractivity (Wildman–Crippen MR) is 104 cm³/mol. The summed E-state index contributed by atoms with van der Waals surface area (Å²) in [7, 11) is 0. The number of hydrogen-bond donors (Lipinski definition) is 1. The highest BCUT2D eigenvalue weighted by Crippen LogP contribution is 2.29. The number of carbonyl (C=O) groups excluding carboxylic acids is 2. The van der Waals surface area contributed by atoms with E-state index in [0.717, 1.165) is 10.9 Å². The summed E-state index contributed by atoms with van der Waals surface area (Å²) in [6, 6.07) is 12.7. The van der Waals surface area contributed by atoms with Crippen LogP contribution in [0.25, 0.3) is 17.1 Å². The van der Waals surface area contributed by atoms with Gasteiger partial charge in [-0.2, -0.15) is 0 Å². The van der Waals surface area contributed by atoms with Crippen molar-refractivity contribution in [2.24, 2.45) is 10.9 Å². The van der Waals surface area contributed by atoms with Crippen molar-refractivity contribution < 1.29 is 19.1 Å². The van der Waals surface area contributed by atoms with E-state index in [2.05, 4.69) is 15.0 Å². The average Bonchev–Trinajstić information content (AvgIpc) is 3.24. The second-order valence-electron chi connectivity index (χ2n) is 6.09. The molecule has 1 N–H and O–H groups in total. The fourth-order valence-corrected chi connectivity index (χ4v) is 2.97. The number of esters is 1. The Labute approximate surface area is 160 Å². The molecule has 140 valence electrons. The highest BCUT2D eigenvalue weighted by Gasteiger charge is 2.44. The smallest absolute Gasteiger partial charge is 0.326 e. The number of pyridine rings is 1. The molecule has 7 nitrogen and oxygen atoms in total. The molecule has 2 aromatic heterocycles. The molecule has 0 bridgehead atoms. The van der Waals surface area contributed by atoms with Crippen molar-refractivity contribution in [1.82, 2.24) is 9.97 Å². The van der Waals surface area contributed by atoms with Gasteiger partial charge < -0.3 is 14.5 Å². The molecule has 1 atom stereocenters. The second kappa shape index (κ2) is 7.48. The number of H-pyrrole nitrogens is 1. The summed E-state index contributed by atoms with van der Waals surface area (Å²) < 4.78 is 10.8. The number of Topliss-reactive ketones (excluding diaryl/α,β-unsaturated/α-hetero) is 1. The zero-order valence-corrected chi connectivity index (χ0v) is 15.1. The summed E-state index contributed by atoms with van der Waals surface area (Å²) in [5, 5.41) is 0.840. The van der Waals surface area contributed by atoms with Gasteiger partial charge in [0.05, 0.1) is 12.3 Å². The Hall–Kier alpha value is -3.74. The first-order valence-corrected chi connectivity index (χ1v) is 8.83. The first-order chi connectivity index (χ1) is 13.7. The third-order valence-electron chi connectivity index (χ3n) is 4.25. The van der Waals surface area contributed by atoms with Crippen molar-refractivity contribution in [3.63, 3.8) is 0 Å². The molecule has 3 heterocycles. The van der Waals surface area contributed by atoms with Crippen molar-refractivity contribution in [1.29, 1.82) is 0 Å². The maximum absolute atomic E-state index is 12.9. The molecule has 0 amide bonds. The number of fused-ring (bicyclic) bond motifs is 1. The lowest BCUT2D eigenvalue weighted by atomic mass is 10.0. The van der Waals surface area contributed by atoms with Crippen LogP contribution in [0.15, 0.2) is 65.6 Å². The fraction of sp³-hybridized carbons (Fsp3) is 0.143. The number of para-hydroxylation sites is 1. The van der Waals surface area contributed by atoms with E-state index in [-0.39, 0.29) is 18.3 Å². The molecule has 3 aromatic rings. The maximum Gasteiger partial charge on any atom is 0.326 e. The van der Waals surface area contributed by atoms with E-state index in [4.69, 9.17) is 9.47 Å². The van der Waals surface area contributed by atoms with Gasteiger partial charge in [-0.3, -0.25) is 9.59 Å². The number of nitrogens with one attached hydrogen (secondary N) is 1. The summed E-state index contributed by atoms with van der Waals surface area (Å²) in [4.78, 5) is 36.9. The molecule has 1 aromatic carbocycles. The van der Waals surface area contributed by atoms with Gasteiger partial charge in [-0.05, 0) is 37.3 Å². The van der Waals surface area contributed by atoms with Crippen LogP contribution in [-0.2, 0) is 19.1 Å². The van der Waals surface area contributed by atoms with Crippen LogP contribution in [0.3, 0.4) is 0 Å². The summed E-state index contributed by atoms with van der Waals surface area (Å²) >= 11 is 0. The number of allylic oxidation sites excluding steroid dienone is 1. The van der Waals surface area contributed by atoms with E-state index in [1.54, 1.807) is 43.6 Å². The van der Waals surface area contributed by atoms with Gasteiger partial charge in [0, 0.05) is 23.3 Å². The quantitative estimate of drug-likeness (QED) is 0.428. The van der Waals surface area contributed by atoms with E-state index in [1.165, 1.54) is 0 Å². The Bertz CT molecular complexity index is 1100. The number of aromatic nitrogens is 2. The van der Waals surface area contributed by atoms with Crippen LogP contribution in [0.4, 0.5) is 5.69 Å². The molecule has 1 aliphatic rings. The fourth-order valence-electron chi connectivity index (χ4n) is 2.97. The van der Waals surface area contributed by atoms with Crippen molar-refractivity contribution >= 4 is 40.4 Å². The van der Waals surface area contributed by atoms with Gasteiger partial charge in [-0.15, -0.1) is 0 Å². The van der Waals surface area contributed by atoms with Crippen molar-refractivity contribution in [2.75, 3.05) is 6.61 Å². The highest BCUT2D eigenvalue weighted by molar-refractivity contribution is 6.27. The van der Waals surface area contributed by atoms with Gasteiger partial charge in [0.1, 0.15) is 5.65 Å². The van der Waals surface area contributed by atoms with Gasteiger partial charge in [-0.25, -0.2) is 9.98 Å². The minimum atomic E-state index is -1.21. The molecule has 7 heteroatoms. The number of ketones is 1. The standard InChI is InChI=1S/C21H17N3O4/c1-2-27-21(26)17-18(25)16(28-20(17)24-14-7-4-3-5-8-14)11-13-12-23-19-15(13)9-6-10-22-19/h3-12,17H,2H2,1H3,(H,22,23)/b16-11-,24-20?. The molecule has 28 heavy (non-hydrogen) atoms. The lowest BCUT2D eigenvalue weighted by Crippen LogP contribution is -2.27. The van der Waals surface area contributed by atoms with Crippen LogP contribution in [0.5, 0.6) is 0 Å². The first kappa shape index (κ1) is 17.7. The number of benzene rings is 1. The number of aliphatic imine (C=N–C) groups is 1. The number of nitrogens with zero attached hydrogens (tertiary/aromatic N) is 2. The molecule has 1 unspecified atom stereocenters. The summed E-state index contributed by atoms with van der Waals surface area (Å²) in [5.74, 6) is -2.32. The number of rotatable bonds is 4. The van der Waals surface area contributed by atoms with Crippen LogP contribution >= 0.6 is 0 Å². The van der Waals surface area contributed by atoms with Crippen molar-refractivity contribution in [3.8, 4) is 0 Å². The van der Waals surface area contributed by atoms with Crippen LogP contribution in [0.1, 0.15) is 12.5 Å². The number of aromatic amines is 1. The minimum Gasteiger partial charge on any atom is -0.465 e. The largest absolute Gasteiger partial charge is 0.465 e. The minimum absolute atomic E-state index is 0.0128. The molecule has 4 rings (SSSR count). The van der Waals surface area contributed by atoms with Crippen LogP contribution in [-0.4, -0.2) is 34.2 Å². The lowest BCUT2D eigenvalue weighted by molar-refractivity contribution is -0.147. The van der Waals surface area contributed by atoms with E-state index in [0.29, 0.717) is 11.3 Å². The number of ether oxygens (including phenoxy) is 2. The number of hydrogen-bond acceptors (Lipinski definition) is 6.